The van der Waals surface area contributed by atoms with Gasteiger partial charge in [0.05, 0.1) is 19.0 Å². The van der Waals surface area contributed by atoms with E-state index in [9.17, 15) is 9.59 Å². The Hall–Kier alpha value is -2.12. The molecule has 0 amide bonds. The average molecular weight is 374 g/mol. The van der Waals surface area contributed by atoms with Crippen LogP contribution in [0.1, 0.15) is 22.2 Å². The highest BCUT2D eigenvalue weighted by molar-refractivity contribution is 7.98. The minimum Gasteiger partial charge on any atom is -0.497 e. The van der Waals surface area contributed by atoms with E-state index in [1.54, 1.807) is 31.4 Å². The van der Waals surface area contributed by atoms with Gasteiger partial charge in [-0.1, -0.05) is 30.8 Å². The maximum absolute atomic E-state index is 12.9. The van der Waals surface area contributed by atoms with E-state index < -0.39 is 0 Å². The lowest BCUT2D eigenvalue weighted by Gasteiger charge is -2.10. The number of fused-ring (bicyclic) bond motifs is 1. The quantitative estimate of drug-likeness (QED) is 0.375. The van der Waals surface area contributed by atoms with Crippen LogP contribution in [0.15, 0.2) is 40.3 Å². The third-order valence-corrected chi connectivity index (χ3v) is 5.74. The van der Waals surface area contributed by atoms with Crippen molar-refractivity contribution in [3.8, 4) is 5.75 Å². The molecular formula is C18H18N2O3S2. The highest BCUT2D eigenvalue weighted by Gasteiger charge is 2.17. The number of thiophene rings is 1. The zero-order valence-corrected chi connectivity index (χ0v) is 15.9. The molecule has 0 bridgehead atoms. The molecule has 0 N–H and O–H groups in total. The molecule has 3 rings (SSSR count). The Balaban J connectivity index is 2.03. The van der Waals surface area contributed by atoms with Gasteiger partial charge in [-0.2, -0.15) is 0 Å². The molecule has 0 radical (unpaired) electrons. The summed E-state index contributed by atoms with van der Waals surface area (Å²) in [5, 5.41) is 1.14. The third kappa shape index (κ3) is 3.48. The van der Waals surface area contributed by atoms with Crippen LogP contribution in [0.3, 0.4) is 0 Å². The maximum atomic E-state index is 12.9. The fourth-order valence-corrected chi connectivity index (χ4v) is 4.11. The predicted molar refractivity (Wildman–Crippen MR) is 102 cm³/mol. The summed E-state index contributed by atoms with van der Waals surface area (Å²) in [5.41, 5.74) is 0.347. The van der Waals surface area contributed by atoms with Gasteiger partial charge >= 0.3 is 0 Å². The van der Waals surface area contributed by atoms with Crippen molar-refractivity contribution in [2.75, 3.05) is 13.4 Å². The molecule has 0 spiro atoms. The van der Waals surface area contributed by atoms with Crippen molar-refractivity contribution >= 4 is 39.1 Å². The standard InChI is InChI=1S/C18H18N2O3S2/c1-4-13-9-14-16(25-13)19-18(24-3)20(17(14)22)10-15(21)11-6-5-7-12(8-11)23-2/h5-9H,4,10H2,1-3H3. The second kappa shape index (κ2) is 7.41. The number of ether oxygens (including phenoxy) is 1. The molecule has 2 heterocycles. The first-order valence-corrected chi connectivity index (χ1v) is 9.86. The monoisotopic (exact) mass is 374 g/mol. The number of methoxy groups -OCH3 is 1. The van der Waals surface area contributed by atoms with Crippen molar-refractivity contribution in [2.45, 2.75) is 25.0 Å². The zero-order chi connectivity index (χ0) is 18.0. The van der Waals surface area contributed by atoms with Gasteiger partial charge in [0.25, 0.3) is 5.56 Å². The first-order valence-electron chi connectivity index (χ1n) is 7.81. The number of carbonyl (C=O) groups excluding carboxylic acids is 1. The number of hydrogen-bond acceptors (Lipinski definition) is 6. The third-order valence-electron chi connectivity index (χ3n) is 3.89. The van der Waals surface area contributed by atoms with Crippen LogP contribution in [0.4, 0.5) is 0 Å². The van der Waals surface area contributed by atoms with Crippen LogP contribution >= 0.6 is 23.1 Å². The van der Waals surface area contributed by atoms with E-state index in [4.69, 9.17) is 4.74 Å². The summed E-state index contributed by atoms with van der Waals surface area (Å²) in [6, 6.07) is 8.82. The lowest BCUT2D eigenvalue weighted by molar-refractivity contribution is 0.0967. The number of thioether (sulfide) groups is 1. The van der Waals surface area contributed by atoms with E-state index in [0.29, 0.717) is 21.9 Å². The number of benzene rings is 1. The minimum atomic E-state index is -0.165. The number of aromatic nitrogens is 2. The molecule has 3 aromatic rings. The number of ketones is 1. The van der Waals surface area contributed by atoms with Gasteiger partial charge in [-0.3, -0.25) is 14.2 Å². The largest absolute Gasteiger partial charge is 0.497 e. The van der Waals surface area contributed by atoms with Crippen molar-refractivity contribution in [3.63, 3.8) is 0 Å². The topological polar surface area (TPSA) is 61.2 Å². The second-order valence-corrected chi connectivity index (χ2v) is 7.32. The van der Waals surface area contributed by atoms with Crippen molar-refractivity contribution < 1.29 is 9.53 Å². The molecule has 5 nitrogen and oxygen atoms in total. The van der Waals surface area contributed by atoms with Crippen molar-refractivity contribution in [1.82, 2.24) is 9.55 Å². The Morgan fingerprint density at radius 2 is 2.16 bits per heavy atom. The fraction of sp³-hybridized carbons (Fsp3) is 0.278. The molecule has 2 aromatic heterocycles. The number of aryl methyl sites for hydroxylation is 1. The molecule has 7 heteroatoms. The summed E-state index contributed by atoms with van der Waals surface area (Å²) in [6.45, 7) is 2.01. The molecule has 0 aliphatic heterocycles. The van der Waals surface area contributed by atoms with Crippen LogP contribution in [0.25, 0.3) is 10.2 Å². The van der Waals surface area contributed by atoms with Gasteiger partial charge in [-0.05, 0) is 30.9 Å². The van der Waals surface area contributed by atoms with Gasteiger partial charge in [-0.15, -0.1) is 11.3 Å². The summed E-state index contributed by atoms with van der Waals surface area (Å²) in [6.07, 6.45) is 2.71. The normalized spacial score (nSPS) is 11.0. The van der Waals surface area contributed by atoms with Gasteiger partial charge in [0.15, 0.2) is 10.9 Å². The number of Topliss-reactive ketones (excluding diaryl/α,β-unsaturated/α-hetero) is 1. The molecule has 0 fully saturated rings. The predicted octanol–water partition coefficient (Wildman–Crippen LogP) is 3.63. The van der Waals surface area contributed by atoms with Crippen LogP contribution in [-0.4, -0.2) is 28.7 Å². The van der Waals surface area contributed by atoms with E-state index >= 15 is 0 Å². The lowest BCUT2D eigenvalue weighted by Crippen LogP contribution is -2.26. The van der Waals surface area contributed by atoms with Gasteiger partial charge in [-0.25, -0.2) is 4.98 Å². The molecule has 25 heavy (non-hydrogen) atoms. The SMILES string of the molecule is CCc1cc2c(=O)n(CC(=O)c3cccc(OC)c3)c(SC)nc2s1. The molecule has 130 valence electrons. The number of nitrogens with zero attached hydrogens (tertiary/aromatic N) is 2. The summed E-state index contributed by atoms with van der Waals surface area (Å²) < 4.78 is 6.62. The lowest BCUT2D eigenvalue weighted by atomic mass is 10.1. The molecule has 0 saturated heterocycles. The fourth-order valence-electron chi connectivity index (χ4n) is 2.55. The molecule has 0 saturated carbocycles. The number of carbonyl (C=O) groups is 1. The van der Waals surface area contributed by atoms with E-state index in [-0.39, 0.29) is 17.9 Å². The molecule has 0 atom stereocenters. The van der Waals surface area contributed by atoms with Crippen LogP contribution < -0.4 is 10.3 Å². The van der Waals surface area contributed by atoms with Crippen molar-refractivity contribution in [2.24, 2.45) is 0 Å². The molecular weight excluding hydrogens is 356 g/mol. The maximum Gasteiger partial charge on any atom is 0.263 e. The summed E-state index contributed by atoms with van der Waals surface area (Å²) >= 11 is 2.90. The molecule has 0 aliphatic carbocycles. The Labute approximate surface area is 153 Å². The Bertz CT molecular complexity index is 992. The Morgan fingerprint density at radius 3 is 2.84 bits per heavy atom. The summed E-state index contributed by atoms with van der Waals surface area (Å²) in [7, 11) is 1.56. The smallest absolute Gasteiger partial charge is 0.263 e. The van der Waals surface area contributed by atoms with Crippen molar-refractivity contribution in [1.29, 1.82) is 0 Å². The van der Waals surface area contributed by atoms with E-state index in [0.717, 1.165) is 16.1 Å². The highest BCUT2D eigenvalue weighted by atomic mass is 32.2. The van der Waals surface area contributed by atoms with Crippen molar-refractivity contribution in [3.05, 3.63) is 51.1 Å². The zero-order valence-electron chi connectivity index (χ0n) is 14.2. The second-order valence-electron chi connectivity index (χ2n) is 5.43. The van der Waals surface area contributed by atoms with E-state index in [1.807, 2.05) is 19.2 Å². The number of rotatable bonds is 6. The number of hydrogen-bond donors (Lipinski definition) is 0. The van der Waals surface area contributed by atoms with E-state index in [1.165, 1.54) is 27.7 Å². The summed E-state index contributed by atoms with van der Waals surface area (Å²) in [4.78, 5) is 31.9. The first kappa shape index (κ1) is 17.7. The molecule has 0 aliphatic rings. The van der Waals surface area contributed by atoms with Gasteiger partial charge in [0, 0.05) is 10.4 Å². The average Bonchev–Trinajstić information content (AvgIpc) is 3.07. The van der Waals surface area contributed by atoms with Gasteiger partial charge in [0.1, 0.15) is 10.6 Å². The van der Waals surface area contributed by atoms with E-state index in [2.05, 4.69) is 4.98 Å². The van der Waals surface area contributed by atoms with Gasteiger partial charge in [0.2, 0.25) is 0 Å². The molecule has 0 unspecified atom stereocenters. The van der Waals surface area contributed by atoms with Crippen LogP contribution in [-0.2, 0) is 13.0 Å². The minimum absolute atomic E-state index is 0.0393. The van der Waals surface area contributed by atoms with Crippen LogP contribution in [0.2, 0.25) is 0 Å². The van der Waals surface area contributed by atoms with Crippen LogP contribution in [0.5, 0.6) is 5.75 Å². The summed E-state index contributed by atoms with van der Waals surface area (Å²) in [5.74, 6) is 0.464. The first-order chi connectivity index (χ1) is 12.1. The highest BCUT2D eigenvalue weighted by Crippen LogP contribution is 2.24. The van der Waals surface area contributed by atoms with Gasteiger partial charge < -0.3 is 4.74 Å². The molecule has 1 aromatic carbocycles. The Kier molecular flexibility index (Phi) is 5.24. The van der Waals surface area contributed by atoms with Crippen LogP contribution in [0, 0.1) is 0 Å². The Morgan fingerprint density at radius 1 is 1.36 bits per heavy atom.